The third-order valence-electron chi connectivity index (χ3n) is 3.27. The van der Waals surface area contributed by atoms with Gasteiger partial charge < -0.3 is 5.11 Å². The number of benzene rings is 1. The molecule has 1 saturated carbocycles. The standard InChI is InChI=1S/C14H12Br2N4O2/c15-9-3-8(13(21)10(16)4-9)6-17-20-14(22)12-5-11(18-19-12)7-1-2-7/h3-7,21H,1-2H2,(H,18,19)(H,20,22). The van der Waals surface area contributed by atoms with Crippen molar-refractivity contribution >= 4 is 44.0 Å². The summed E-state index contributed by atoms with van der Waals surface area (Å²) in [5, 5.41) is 20.6. The molecule has 0 aliphatic heterocycles. The fourth-order valence-electron chi connectivity index (χ4n) is 1.96. The highest BCUT2D eigenvalue weighted by atomic mass is 79.9. The van der Waals surface area contributed by atoms with E-state index in [9.17, 15) is 9.90 Å². The molecule has 22 heavy (non-hydrogen) atoms. The Morgan fingerprint density at radius 2 is 2.18 bits per heavy atom. The van der Waals surface area contributed by atoms with Crippen LogP contribution < -0.4 is 5.43 Å². The van der Waals surface area contributed by atoms with Crippen LogP contribution in [0.5, 0.6) is 5.75 Å². The summed E-state index contributed by atoms with van der Waals surface area (Å²) < 4.78 is 1.32. The Kier molecular flexibility index (Phi) is 4.30. The van der Waals surface area contributed by atoms with Crippen molar-refractivity contribution in [3.05, 3.63) is 44.1 Å². The Hall–Kier alpha value is -1.67. The molecule has 1 aromatic carbocycles. The van der Waals surface area contributed by atoms with Gasteiger partial charge in [-0.2, -0.15) is 10.2 Å². The molecule has 0 saturated heterocycles. The SMILES string of the molecule is O=C(NN=Cc1cc(Br)cc(Br)c1O)c1cc(C2CC2)[nH]n1. The van der Waals surface area contributed by atoms with Crippen molar-refractivity contribution < 1.29 is 9.90 Å². The molecule has 0 unspecified atom stereocenters. The van der Waals surface area contributed by atoms with Crippen LogP contribution in [0.2, 0.25) is 0 Å². The van der Waals surface area contributed by atoms with E-state index in [4.69, 9.17) is 0 Å². The van der Waals surface area contributed by atoms with Crippen LogP contribution in [0, 0.1) is 0 Å². The normalized spacial score (nSPS) is 14.5. The number of aromatic amines is 1. The zero-order chi connectivity index (χ0) is 15.7. The summed E-state index contributed by atoms with van der Waals surface area (Å²) in [4.78, 5) is 11.9. The van der Waals surface area contributed by atoms with E-state index in [1.807, 2.05) is 0 Å². The lowest BCUT2D eigenvalue weighted by molar-refractivity contribution is 0.0950. The van der Waals surface area contributed by atoms with Crippen LogP contribution in [0.4, 0.5) is 0 Å². The number of hydrazone groups is 1. The van der Waals surface area contributed by atoms with E-state index in [2.05, 4.69) is 52.6 Å². The minimum atomic E-state index is -0.395. The van der Waals surface area contributed by atoms with Crippen molar-refractivity contribution in [1.29, 1.82) is 0 Å². The zero-order valence-corrected chi connectivity index (χ0v) is 14.5. The number of hydrogen-bond acceptors (Lipinski definition) is 4. The maximum absolute atomic E-state index is 11.9. The number of hydrogen-bond donors (Lipinski definition) is 3. The van der Waals surface area contributed by atoms with Crippen molar-refractivity contribution in [2.75, 3.05) is 0 Å². The first-order valence-electron chi connectivity index (χ1n) is 6.61. The van der Waals surface area contributed by atoms with Crippen LogP contribution in [0.15, 0.2) is 32.2 Å². The second-order valence-electron chi connectivity index (χ2n) is 5.01. The third-order valence-corrected chi connectivity index (χ3v) is 4.34. The predicted molar refractivity (Wildman–Crippen MR) is 89.1 cm³/mol. The van der Waals surface area contributed by atoms with Gasteiger partial charge in [-0.1, -0.05) is 15.9 Å². The van der Waals surface area contributed by atoms with Gasteiger partial charge in [0, 0.05) is 21.6 Å². The van der Waals surface area contributed by atoms with Gasteiger partial charge in [0.2, 0.25) is 0 Å². The van der Waals surface area contributed by atoms with E-state index >= 15 is 0 Å². The number of amides is 1. The van der Waals surface area contributed by atoms with Crippen LogP contribution in [0.3, 0.4) is 0 Å². The number of carbonyl (C=O) groups excluding carboxylic acids is 1. The summed E-state index contributed by atoms with van der Waals surface area (Å²) in [5.41, 5.74) is 4.16. The summed E-state index contributed by atoms with van der Waals surface area (Å²) >= 11 is 6.56. The number of aromatic hydroxyl groups is 1. The quantitative estimate of drug-likeness (QED) is 0.516. The van der Waals surface area contributed by atoms with E-state index < -0.39 is 5.91 Å². The molecule has 3 N–H and O–H groups in total. The molecule has 2 aromatic rings. The lowest BCUT2D eigenvalue weighted by Gasteiger charge is -2.02. The Bertz CT molecular complexity index is 753. The molecular formula is C14H12Br2N4O2. The highest BCUT2D eigenvalue weighted by molar-refractivity contribution is 9.11. The third kappa shape index (κ3) is 3.38. The molecule has 0 radical (unpaired) electrons. The molecule has 1 amide bonds. The summed E-state index contributed by atoms with van der Waals surface area (Å²) in [5.74, 6) is 0.165. The highest BCUT2D eigenvalue weighted by Gasteiger charge is 2.26. The molecule has 6 nitrogen and oxygen atoms in total. The first kappa shape index (κ1) is 15.2. The van der Waals surface area contributed by atoms with E-state index in [1.54, 1.807) is 18.2 Å². The lowest BCUT2D eigenvalue weighted by atomic mass is 10.2. The second-order valence-corrected chi connectivity index (χ2v) is 6.78. The minimum Gasteiger partial charge on any atom is -0.506 e. The molecule has 0 bridgehead atoms. The van der Waals surface area contributed by atoms with E-state index in [1.165, 1.54) is 6.21 Å². The van der Waals surface area contributed by atoms with Gasteiger partial charge in [0.05, 0.1) is 10.7 Å². The van der Waals surface area contributed by atoms with Crippen LogP contribution in [0.25, 0.3) is 0 Å². The number of H-pyrrole nitrogens is 1. The average molecular weight is 428 g/mol. The van der Waals surface area contributed by atoms with Gasteiger partial charge >= 0.3 is 0 Å². The number of carbonyl (C=O) groups is 1. The van der Waals surface area contributed by atoms with E-state index in [0.717, 1.165) is 23.0 Å². The molecule has 3 rings (SSSR count). The topological polar surface area (TPSA) is 90.4 Å². The van der Waals surface area contributed by atoms with Crippen molar-refractivity contribution in [3.8, 4) is 5.75 Å². The van der Waals surface area contributed by atoms with Crippen molar-refractivity contribution in [3.63, 3.8) is 0 Å². The van der Waals surface area contributed by atoms with Gasteiger partial charge in [0.25, 0.3) is 5.91 Å². The van der Waals surface area contributed by atoms with E-state index in [-0.39, 0.29) is 5.75 Å². The lowest BCUT2D eigenvalue weighted by Crippen LogP contribution is -2.18. The van der Waals surface area contributed by atoms with E-state index in [0.29, 0.717) is 21.6 Å². The highest BCUT2D eigenvalue weighted by Crippen LogP contribution is 2.39. The van der Waals surface area contributed by atoms with Gasteiger partial charge in [-0.05, 0) is 47.0 Å². The maximum atomic E-state index is 11.9. The number of aromatic nitrogens is 2. The summed E-state index contributed by atoms with van der Waals surface area (Å²) in [6, 6.07) is 5.15. The van der Waals surface area contributed by atoms with Gasteiger partial charge in [0.1, 0.15) is 5.75 Å². The Morgan fingerprint density at radius 3 is 2.91 bits per heavy atom. The molecule has 1 aliphatic carbocycles. The van der Waals surface area contributed by atoms with Gasteiger partial charge in [-0.3, -0.25) is 9.89 Å². The number of phenols is 1. The number of nitrogens with zero attached hydrogens (tertiary/aromatic N) is 2. The molecule has 1 aromatic heterocycles. The van der Waals surface area contributed by atoms with Crippen LogP contribution >= 0.6 is 31.9 Å². The Balaban J connectivity index is 1.67. The number of rotatable bonds is 4. The molecule has 1 aliphatic rings. The van der Waals surface area contributed by atoms with Gasteiger partial charge in [-0.15, -0.1) is 0 Å². The van der Waals surface area contributed by atoms with Gasteiger partial charge in [-0.25, -0.2) is 5.43 Å². The molecule has 8 heteroatoms. The number of phenolic OH excluding ortho intramolecular Hbond substituents is 1. The summed E-state index contributed by atoms with van der Waals surface area (Å²) in [6.07, 6.45) is 3.65. The van der Waals surface area contributed by atoms with Crippen LogP contribution in [0.1, 0.15) is 40.5 Å². The smallest absolute Gasteiger partial charge is 0.291 e. The molecule has 0 spiro atoms. The van der Waals surface area contributed by atoms with Crippen molar-refractivity contribution in [1.82, 2.24) is 15.6 Å². The zero-order valence-electron chi connectivity index (χ0n) is 11.3. The van der Waals surface area contributed by atoms with Crippen LogP contribution in [-0.4, -0.2) is 27.4 Å². The largest absolute Gasteiger partial charge is 0.506 e. The fourth-order valence-corrected chi connectivity index (χ4v) is 3.22. The monoisotopic (exact) mass is 426 g/mol. The van der Waals surface area contributed by atoms with Crippen LogP contribution in [-0.2, 0) is 0 Å². The van der Waals surface area contributed by atoms with Crippen molar-refractivity contribution in [2.45, 2.75) is 18.8 Å². The molecular weight excluding hydrogens is 416 g/mol. The number of halogens is 2. The number of nitrogens with one attached hydrogen (secondary N) is 2. The Labute approximate surface area is 143 Å². The second kappa shape index (κ2) is 6.21. The Morgan fingerprint density at radius 1 is 1.41 bits per heavy atom. The first-order chi connectivity index (χ1) is 10.5. The molecule has 1 fully saturated rings. The molecule has 0 atom stereocenters. The fraction of sp³-hybridized carbons (Fsp3) is 0.214. The van der Waals surface area contributed by atoms with Crippen molar-refractivity contribution in [2.24, 2.45) is 5.10 Å². The molecule has 114 valence electrons. The summed E-state index contributed by atoms with van der Waals surface area (Å²) in [6.45, 7) is 0. The molecule has 1 heterocycles. The maximum Gasteiger partial charge on any atom is 0.291 e. The first-order valence-corrected chi connectivity index (χ1v) is 8.20. The predicted octanol–water partition coefficient (Wildman–Crippen LogP) is 3.28. The summed E-state index contributed by atoms with van der Waals surface area (Å²) in [7, 11) is 0. The minimum absolute atomic E-state index is 0.0528. The average Bonchev–Trinajstić information content (AvgIpc) is 3.21. The van der Waals surface area contributed by atoms with Gasteiger partial charge in [0.15, 0.2) is 5.69 Å².